The molecule has 2 bridgehead atoms. The molecular formula is C30H25F3N2O8S. The zero-order chi connectivity index (χ0) is 31.8. The fraction of sp³-hybridized carbons (Fsp3) is 0.233. The Labute approximate surface area is 249 Å². The number of amides is 2. The summed E-state index contributed by atoms with van der Waals surface area (Å²) < 4.78 is 74.0. The third-order valence-corrected chi connectivity index (χ3v) is 9.01. The fourth-order valence-electron chi connectivity index (χ4n) is 5.44. The molecule has 3 aromatic carbocycles. The van der Waals surface area contributed by atoms with E-state index in [1.165, 1.54) is 49.6 Å². The molecule has 0 radical (unpaired) electrons. The van der Waals surface area contributed by atoms with Crippen LogP contribution in [0.1, 0.15) is 27.1 Å². The number of carbonyl (C=O) groups excluding carboxylic acids is 2. The van der Waals surface area contributed by atoms with Crippen molar-refractivity contribution < 1.29 is 50.6 Å². The highest BCUT2D eigenvalue weighted by molar-refractivity contribution is 7.92. The third kappa shape index (κ3) is 5.97. The standard InChI is InChI=1S/C30H25F3N2O8S/c1-42-24-12-11-21(43-20-9-7-16(8-10-20)29(38)39)15-23(24)27(36)35-26-18-6-5-17(13-18)25(26)28(37)34-19-3-2-4-22(14-19)44(40,41)30(31,32)33/h2-12,14-15,17-18,25-26H,13H2,1H3,(H,34,37)(H,35,36)(H,38,39). The average molecular weight is 631 g/mol. The van der Waals surface area contributed by atoms with Crippen LogP contribution in [0.3, 0.4) is 0 Å². The molecule has 0 saturated heterocycles. The number of anilines is 1. The van der Waals surface area contributed by atoms with Crippen molar-refractivity contribution in [1.29, 1.82) is 0 Å². The maximum atomic E-state index is 13.5. The molecule has 3 aromatic rings. The van der Waals surface area contributed by atoms with Gasteiger partial charge in [0, 0.05) is 11.7 Å². The number of carboxylic acids is 1. The zero-order valence-electron chi connectivity index (χ0n) is 22.9. The summed E-state index contributed by atoms with van der Waals surface area (Å²) in [5.41, 5.74) is -5.47. The number of carbonyl (C=O) groups is 3. The first kappa shape index (κ1) is 30.6. The molecule has 0 aliphatic heterocycles. The van der Waals surface area contributed by atoms with Crippen molar-refractivity contribution in [2.24, 2.45) is 17.8 Å². The van der Waals surface area contributed by atoms with E-state index in [0.29, 0.717) is 12.2 Å². The Morgan fingerprint density at radius 1 is 0.932 bits per heavy atom. The van der Waals surface area contributed by atoms with Crippen LogP contribution in [0.25, 0.3) is 0 Å². The number of rotatable bonds is 9. The van der Waals surface area contributed by atoms with E-state index in [-0.39, 0.29) is 40.1 Å². The summed E-state index contributed by atoms with van der Waals surface area (Å²) >= 11 is 0. The summed E-state index contributed by atoms with van der Waals surface area (Å²) in [5, 5.41) is 14.5. The van der Waals surface area contributed by atoms with Gasteiger partial charge in [0.2, 0.25) is 5.91 Å². The first-order valence-corrected chi connectivity index (χ1v) is 14.7. The predicted octanol–water partition coefficient (Wildman–Crippen LogP) is 5.04. The Morgan fingerprint density at radius 3 is 2.27 bits per heavy atom. The van der Waals surface area contributed by atoms with Gasteiger partial charge in [0.25, 0.3) is 15.7 Å². The number of methoxy groups -OCH3 is 1. The number of fused-ring (bicyclic) bond motifs is 2. The number of sulfone groups is 1. The minimum Gasteiger partial charge on any atom is -0.496 e. The van der Waals surface area contributed by atoms with Crippen LogP contribution >= 0.6 is 0 Å². The number of aromatic carboxylic acids is 1. The molecule has 5 rings (SSSR count). The SMILES string of the molecule is COc1ccc(Oc2ccc(C(=O)O)cc2)cc1C(=O)NC1C2C=CC(C2)C1C(=O)Nc1cccc(S(=O)(=O)C(F)(F)F)c1. The first-order chi connectivity index (χ1) is 20.8. The topological polar surface area (TPSA) is 148 Å². The number of benzene rings is 3. The highest BCUT2D eigenvalue weighted by Gasteiger charge is 2.49. The number of halogens is 3. The van der Waals surface area contributed by atoms with Crippen LogP contribution in [0.2, 0.25) is 0 Å². The molecule has 10 nitrogen and oxygen atoms in total. The molecule has 0 heterocycles. The van der Waals surface area contributed by atoms with Crippen molar-refractivity contribution in [2.45, 2.75) is 22.9 Å². The van der Waals surface area contributed by atoms with Crippen LogP contribution < -0.4 is 20.1 Å². The number of ether oxygens (including phenoxy) is 2. The molecule has 2 aliphatic carbocycles. The lowest BCUT2D eigenvalue weighted by molar-refractivity contribution is -0.121. The Morgan fingerprint density at radius 2 is 1.61 bits per heavy atom. The van der Waals surface area contributed by atoms with Crippen LogP contribution in [0.5, 0.6) is 17.2 Å². The molecule has 1 fully saturated rings. The van der Waals surface area contributed by atoms with Crippen molar-refractivity contribution >= 4 is 33.3 Å². The van der Waals surface area contributed by atoms with Gasteiger partial charge >= 0.3 is 11.5 Å². The molecule has 2 aliphatic rings. The molecule has 3 N–H and O–H groups in total. The Balaban J connectivity index is 1.34. The van der Waals surface area contributed by atoms with E-state index in [0.717, 1.165) is 18.2 Å². The van der Waals surface area contributed by atoms with Gasteiger partial charge < -0.3 is 25.2 Å². The molecule has 0 spiro atoms. The molecule has 44 heavy (non-hydrogen) atoms. The molecule has 4 atom stereocenters. The van der Waals surface area contributed by atoms with Gasteiger partial charge in [-0.2, -0.15) is 13.2 Å². The largest absolute Gasteiger partial charge is 0.501 e. The molecule has 14 heteroatoms. The maximum Gasteiger partial charge on any atom is 0.501 e. The van der Waals surface area contributed by atoms with Gasteiger partial charge in [0.05, 0.1) is 29.1 Å². The van der Waals surface area contributed by atoms with Crippen LogP contribution in [-0.4, -0.2) is 50.0 Å². The van der Waals surface area contributed by atoms with Gasteiger partial charge in [0.15, 0.2) is 0 Å². The molecular weight excluding hydrogens is 605 g/mol. The van der Waals surface area contributed by atoms with Crippen LogP contribution in [-0.2, 0) is 14.6 Å². The molecule has 0 aromatic heterocycles. The van der Waals surface area contributed by atoms with Gasteiger partial charge in [-0.1, -0.05) is 18.2 Å². The Bertz CT molecular complexity index is 1760. The monoisotopic (exact) mass is 630 g/mol. The number of hydrogen-bond acceptors (Lipinski definition) is 7. The normalized spacial score (nSPS) is 20.6. The van der Waals surface area contributed by atoms with Crippen LogP contribution in [0.4, 0.5) is 18.9 Å². The summed E-state index contributed by atoms with van der Waals surface area (Å²) in [4.78, 5) is 37.0. The number of nitrogens with one attached hydrogen (secondary N) is 2. The van der Waals surface area contributed by atoms with Gasteiger partial charge in [-0.05, 0) is 78.9 Å². The molecule has 230 valence electrons. The van der Waals surface area contributed by atoms with Crippen molar-refractivity contribution in [1.82, 2.24) is 5.32 Å². The average Bonchev–Trinajstić information content (AvgIpc) is 3.59. The maximum absolute atomic E-state index is 13.5. The smallest absolute Gasteiger partial charge is 0.496 e. The summed E-state index contributed by atoms with van der Waals surface area (Å²) in [7, 11) is -4.24. The minimum atomic E-state index is -5.62. The van der Waals surface area contributed by atoms with E-state index in [1.807, 2.05) is 12.2 Å². The second-order valence-electron chi connectivity index (χ2n) is 10.2. The van der Waals surface area contributed by atoms with Crippen molar-refractivity contribution in [2.75, 3.05) is 12.4 Å². The van der Waals surface area contributed by atoms with Gasteiger partial charge in [-0.25, -0.2) is 13.2 Å². The number of carboxylic acid groups (broad SMARTS) is 1. The molecule has 1 saturated carbocycles. The summed E-state index contributed by atoms with van der Waals surface area (Å²) in [6, 6.07) is 13.4. The summed E-state index contributed by atoms with van der Waals surface area (Å²) in [5.74, 6) is -2.71. The van der Waals surface area contributed by atoms with Crippen molar-refractivity contribution in [3.05, 3.63) is 90.0 Å². The van der Waals surface area contributed by atoms with E-state index >= 15 is 0 Å². The van der Waals surface area contributed by atoms with E-state index in [1.54, 1.807) is 6.07 Å². The second kappa shape index (κ2) is 11.7. The van der Waals surface area contributed by atoms with Gasteiger partial charge in [0.1, 0.15) is 17.2 Å². The van der Waals surface area contributed by atoms with Crippen molar-refractivity contribution in [3.63, 3.8) is 0 Å². The number of alkyl halides is 3. The fourth-order valence-corrected chi connectivity index (χ4v) is 6.24. The molecule has 2 amide bonds. The summed E-state index contributed by atoms with van der Waals surface area (Å²) in [6.45, 7) is 0. The van der Waals surface area contributed by atoms with E-state index in [9.17, 15) is 36.0 Å². The quantitative estimate of drug-likeness (QED) is 0.279. The lowest BCUT2D eigenvalue weighted by atomic mass is 9.87. The van der Waals surface area contributed by atoms with E-state index < -0.39 is 50.0 Å². The van der Waals surface area contributed by atoms with E-state index in [4.69, 9.17) is 14.6 Å². The predicted molar refractivity (Wildman–Crippen MR) is 150 cm³/mol. The third-order valence-electron chi connectivity index (χ3n) is 7.53. The Hall–Kier alpha value is -4.85. The minimum absolute atomic E-state index is 0.0738. The summed E-state index contributed by atoms with van der Waals surface area (Å²) in [6.07, 6.45) is 4.28. The van der Waals surface area contributed by atoms with Gasteiger partial charge in [-0.3, -0.25) is 9.59 Å². The highest BCUT2D eigenvalue weighted by atomic mass is 32.2. The van der Waals surface area contributed by atoms with Crippen LogP contribution in [0.15, 0.2) is 83.8 Å². The van der Waals surface area contributed by atoms with Crippen LogP contribution in [0, 0.1) is 17.8 Å². The highest BCUT2D eigenvalue weighted by Crippen LogP contribution is 2.44. The zero-order valence-corrected chi connectivity index (χ0v) is 23.7. The number of hydrogen-bond donors (Lipinski definition) is 3. The van der Waals surface area contributed by atoms with Gasteiger partial charge in [-0.15, -0.1) is 0 Å². The van der Waals surface area contributed by atoms with E-state index in [2.05, 4.69) is 10.6 Å². The Kier molecular flexibility index (Phi) is 8.12. The molecule has 4 unspecified atom stereocenters. The second-order valence-corrected chi connectivity index (χ2v) is 12.2. The lowest BCUT2D eigenvalue weighted by Crippen LogP contribution is -2.47. The van der Waals surface area contributed by atoms with Crippen molar-refractivity contribution in [3.8, 4) is 17.2 Å². The first-order valence-electron chi connectivity index (χ1n) is 13.2. The number of allylic oxidation sites excluding steroid dienone is 1. The lowest BCUT2D eigenvalue weighted by Gasteiger charge is -2.28.